The molecular weight excluding hydrogens is 332 g/mol. The van der Waals surface area contributed by atoms with Crippen molar-refractivity contribution in [1.82, 2.24) is 4.72 Å². The number of esters is 1. The molecule has 0 aliphatic carbocycles. The summed E-state index contributed by atoms with van der Waals surface area (Å²) in [7, 11) is -3.66. The van der Waals surface area contributed by atoms with Crippen LogP contribution in [0.25, 0.3) is 0 Å². The number of aliphatic imine (C=N–C) groups is 1. The minimum absolute atomic E-state index is 0.0946. The highest BCUT2D eigenvalue weighted by atomic mass is 32.2. The highest BCUT2D eigenvalue weighted by Gasteiger charge is 2.31. The van der Waals surface area contributed by atoms with Gasteiger partial charge in [0.25, 0.3) is 10.0 Å². The Morgan fingerprint density at radius 1 is 1.25 bits per heavy atom. The lowest BCUT2D eigenvalue weighted by Gasteiger charge is -2.16. The van der Waals surface area contributed by atoms with Crippen molar-refractivity contribution in [2.45, 2.75) is 38.6 Å². The topological polar surface area (TPSA) is 102 Å². The Bertz CT molecular complexity index is 806. The Morgan fingerprint density at radius 3 is 2.50 bits per heavy atom. The van der Waals surface area contributed by atoms with Gasteiger partial charge in [0, 0.05) is 11.0 Å². The van der Waals surface area contributed by atoms with E-state index in [1.165, 1.54) is 13.0 Å². The number of benzene rings is 1. The third-order valence-corrected chi connectivity index (χ3v) is 4.91. The number of rotatable bonds is 4. The number of hydrogen-bond acceptors (Lipinski definition) is 6. The van der Waals surface area contributed by atoms with Gasteiger partial charge in [0.1, 0.15) is 11.9 Å². The van der Waals surface area contributed by atoms with Crippen molar-refractivity contribution in [3.05, 3.63) is 29.8 Å². The standard InChI is InChI=1S/C16H20N2O5S/c1-10(15(20)23-9-13(19)16(2,3)4)17-14-11-7-5-6-8-12(11)24(21,22)18-14/h5-8,10H,9H2,1-4H3,(H,17,18). The Labute approximate surface area is 141 Å². The summed E-state index contributed by atoms with van der Waals surface area (Å²) >= 11 is 0. The summed E-state index contributed by atoms with van der Waals surface area (Å²) in [5.41, 5.74) is -0.196. The molecule has 1 aromatic carbocycles. The van der Waals surface area contributed by atoms with Gasteiger partial charge in [-0.2, -0.15) is 0 Å². The largest absolute Gasteiger partial charge is 0.456 e. The van der Waals surface area contributed by atoms with E-state index >= 15 is 0 Å². The molecule has 0 saturated heterocycles. The van der Waals surface area contributed by atoms with Crippen molar-refractivity contribution >= 4 is 27.6 Å². The molecule has 2 rings (SSSR count). The summed E-state index contributed by atoms with van der Waals surface area (Å²) in [5.74, 6) is -0.802. The fourth-order valence-corrected chi connectivity index (χ4v) is 3.19. The molecule has 7 nitrogen and oxygen atoms in total. The Hall–Kier alpha value is -2.22. The Balaban J connectivity index is 2.12. The molecule has 24 heavy (non-hydrogen) atoms. The number of amidine groups is 1. The number of hydrogen-bond donors (Lipinski definition) is 1. The van der Waals surface area contributed by atoms with E-state index in [0.29, 0.717) is 5.56 Å². The quantitative estimate of drug-likeness (QED) is 0.822. The van der Waals surface area contributed by atoms with Gasteiger partial charge in [0.2, 0.25) is 0 Å². The van der Waals surface area contributed by atoms with E-state index in [0.717, 1.165) is 0 Å². The number of fused-ring (bicyclic) bond motifs is 1. The molecule has 1 N–H and O–H groups in total. The van der Waals surface area contributed by atoms with Gasteiger partial charge < -0.3 is 4.74 Å². The molecule has 0 amide bonds. The van der Waals surface area contributed by atoms with Gasteiger partial charge in [0.05, 0.1) is 4.90 Å². The molecule has 0 bridgehead atoms. The predicted molar refractivity (Wildman–Crippen MR) is 88.2 cm³/mol. The molecule has 0 radical (unpaired) electrons. The number of ether oxygens (including phenoxy) is 1. The molecule has 130 valence electrons. The summed E-state index contributed by atoms with van der Waals surface area (Å²) in [4.78, 5) is 28.0. The van der Waals surface area contributed by atoms with Crippen LogP contribution in [0, 0.1) is 5.41 Å². The number of sulfonamides is 1. The predicted octanol–water partition coefficient (Wildman–Crippen LogP) is 1.27. The number of nitrogens with one attached hydrogen (secondary N) is 1. The van der Waals surface area contributed by atoms with E-state index in [1.54, 1.807) is 39.0 Å². The van der Waals surface area contributed by atoms with Gasteiger partial charge in [-0.3, -0.25) is 14.5 Å². The van der Waals surface area contributed by atoms with E-state index in [-0.39, 0.29) is 23.1 Å². The lowest BCUT2D eigenvalue weighted by Crippen LogP contribution is -2.30. The first-order valence-electron chi connectivity index (χ1n) is 7.42. The van der Waals surface area contributed by atoms with E-state index in [9.17, 15) is 18.0 Å². The Kier molecular flexibility index (Phi) is 4.80. The third kappa shape index (κ3) is 3.81. The summed E-state index contributed by atoms with van der Waals surface area (Å²) in [6.45, 7) is 6.34. The number of nitrogens with zero attached hydrogens (tertiary/aromatic N) is 1. The molecule has 1 unspecified atom stereocenters. The maximum atomic E-state index is 12.0. The van der Waals surface area contributed by atoms with Crippen molar-refractivity contribution in [2.24, 2.45) is 10.4 Å². The lowest BCUT2D eigenvalue weighted by atomic mass is 9.91. The van der Waals surface area contributed by atoms with Crippen LogP contribution in [0.5, 0.6) is 0 Å². The average Bonchev–Trinajstić information content (AvgIpc) is 2.75. The zero-order valence-corrected chi connectivity index (χ0v) is 14.8. The van der Waals surface area contributed by atoms with Crippen LogP contribution in [-0.2, 0) is 24.3 Å². The van der Waals surface area contributed by atoms with Gasteiger partial charge >= 0.3 is 5.97 Å². The first kappa shape index (κ1) is 18.1. The molecule has 0 fully saturated rings. The van der Waals surface area contributed by atoms with Crippen LogP contribution in [0.3, 0.4) is 0 Å². The SMILES string of the molecule is CC(N=C1NS(=O)(=O)c2ccccc21)C(=O)OCC(=O)C(C)(C)C. The van der Waals surface area contributed by atoms with Crippen LogP contribution in [0.1, 0.15) is 33.3 Å². The molecule has 1 atom stereocenters. The minimum Gasteiger partial charge on any atom is -0.456 e. The fraction of sp³-hybridized carbons (Fsp3) is 0.438. The summed E-state index contributed by atoms with van der Waals surface area (Å²) < 4.78 is 31.3. The van der Waals surface area contributed by atoms with Crippen LogP contribution < -0.4 is 4.72 Å². The molecule has 1 aromatic rings. The second-order valence-corrected chi connectivity index (χ2v) is 8.19. The van der Waals surface area contributed by atoms with Gasteiger partial charge in [-0.1, -0.05) is 32.9 Å². The molecule has 0 aromatic heterocycles. The third-order valence-electron chi connectivity index (χ3n) is 3.51. The second kappa shape index (κ2) is 6.35. The number of carbonyl (C=O) groups is 2. The van der Waals surface area contributed by atoms with Crippen molar-refractivity contribution in [3.8, 4) is 0 Å². The van der Waals surface area contributed by atoms with E-state index in [4.69, 9.17) is 4.74 Å². The number of ketones is 1. The van der Waals surface area contributed by atoms with Crippen LogP contribution in [-0.4, -0.2) is 38.7 Å². The highest BCUT2D eigenvalue weighted by Crippen LogP contribution is 2.22. The zero-order valence-electron chi connectivity index (χ0n) is 14.0. The smallest absolute Gasteiger partial charge is 0.331 e. The monoisotopic (exact) mass is 352 g/mol. The van der Waals surface area contributed by atoms with E-state index in [2.05, 4.69) is 9.71 Å². The minimum atomic E-state index is -3.66. The second-order valence-electron chi connectivity index (χ2n) is 6.54. The molecule has 8 heteroatoms. The maximum Gasteiger partial charge on any atom is 0.331 e. The average molecular weight is 352 g/mol. The van der Waals surface area contributed by atoms with Gasteiger partial charge in [-0.05, 0) is 19.1 Å². The molecule has 1 heterocycles. The maximum absolute atomic E-state index is 12.0. The molecule has 0 saturated carbocycles. The lowest BCUT2D eigenvalue weighted by molar-refractivity contribution is -0.150. The Morgan fingerprint density at radius 2 is 1.88 bits per heavy atom. The zero-order chi connectivity index (χ0) is 18.1. The van der Waals surface area contributed by atoms with E-state index < -0.39 is 27.4 Å². The van der Waals surface area contributed by atoms with Crippen molar-refractivity contribution in [3.63, 3.8) is 0 Å². The van der Waals surface area contributed by atoms with Gasteiger partial charge in [-0.15, -0.1) is 0 Å². The first-order chi connectivity index (χ1) is 11.0. The van der Waals surface area contributed by atoms with Gasteiger partial charge in [-0.25, -0.2) is 13.2 Å². The molecule has 1 aliphatic rings. The van der Waals surface area contributed by atoms with Crippen LogP contribution in [0.2, 0.25) is 0 Å². The van der Waals surface area contributed by atoms with Gasteiger partial charge in [0.15, 0.2) is 12.4 Å². The van der Waals surface area contributed by atoms with Crippen LogP contribution in [0.15, 0.2) is 34.2 Å². The summed E-state index contributed by atoms with van der Waals surface area (Å²) in [6, 6.07) is 5.41. The normalized spacial score (nSPS) is 18.6. The molecule has 1 aliphatic heterocycles. The van der Waals surface area contributed by atoms with Crippen LogP contribution >= 0.6 is 0 Å². The first-order valence-corrected chi connectivity index (χ1v) is 8.90. The fourth-order valence-electron chi connectivity index (χ4n) is 1.95. The number of carbonyl (C=O) groups excluding carboxylic acids is 2. The van der Waals surface area contributed by atoms with Crippen molar-refractivity contribution < 1.29 is 22.7 Å². The summed E-state index contributed by atoms with van der Waals surface area (Å²) in [6.07, 6.45) is 0. The van der Waals surface area contributed by atoms with E-state index in [1.807, 2.05) is 0 Å². The molecular formula is C16H20N2O5S. The van der Waals surface area contributed by atoms with Crippen molar-refractivity contribution in [2.75, 3.05) is 6.61 Å². The van der Waals surface area contributed by atoms with Crippen LogP contribution in [0.4, 0.5) is 0 Å². The number of Topliss-reactive ketones (excluding diaryl/α,β-unsaturated/α-hetero) is 1. The van der Waals surface area contributed by atoms with Crippen molar-refractivity contribution in [1.29, 1.82) is 0 Å². The summed E-state index contributed by atoms with van der Waals surface area (Å²) in [5, 5.41) is 0. The highest BCUT2D eigenvalue weighted by molar-refractivity contribution is 7.90. The molecule has 0 spiro atoms.